The lowest BCUT2D eigenvalue weighted by atomic mass is 9.75. The van der Waals surface area contributed by atoms with E-state index < -0.39 is 0 Å². The second-order valence-electron chi connectivity index (χ2n) is 8.99. The third-order valence-corrected chi connectivity index (χ3v) is 6.31. The van der Waals surface area contributed by atoms with Gasteiger partial charge in [-0.15, -0.1) is 0 Å². The molecule has 0 bridgehead atoms. The van der Waals surface area contributed by atoms with Crippen molar-refractivity contribution in [1.82, 2.24) is 10.2 Å². The summed E-state index contributed by atoms with van der Waals surface area (Å²) in [6.45, 7) is 8.51. The van der Waals surface area contributed by atoms with E-state index in [-0.39, 0.29) is 0 Å². The highest BCUT2D eigenvalue weighted by Gasteiger charge is 2.37. The van der Waals surface area contributed by atoms with Crippen LogP contribution in [-0.2, 0) is 0 Å². The Morgan fingerprint density at radius 3 is 2.38 bits per heavy atom. The number of nitrogens with zero attached hydrogens (tertiary/aromatic N) is 1. The highest BCUT2D eigenvalue weighted by atomic mass is 15.2. The molecule has 2 fully saturated rings. The van der Waals surface area contributed by atoms with E-state index in [1.54, 1.807) is 0 Å². The van der Waals surface area contributed by atoms with Crippen LogP contribution in [0.15, 0.2) is 0 Å². The fourth-order valence-electron chi connectivity index (χ4n) is 4.56. The molecule has 2 rings (SSSR count). The van der Waals surface area contributed by atoms with E-state index in [0.717, 1.165) is 12.0 Å². The van der Waals surface area contributed by atoms with E-state index >= 15 is 0 Å². The normalized spacial score (nSPS) is 37.4. The maximum Gasteiger partial charge on any atom is 0.0330 e. The lowest BCUT2D eigenvalue weighted by Gasteiger charge is -2.46. The van der Waals surface area contributed by atoms with Crippen LogP contribution >= 0.6 is 0 Å². The molecule has 2 nitrogen and oxygen atoms in total. The van der Waals surface area contributed by atoms with E-state index in [4.69, 9.17) is 0 Å². The molecule has 0 aromatic heterocycles. The van der Waals surface area contributed by atoms with Gasteiger partial charge in [0.05, 0.1) is 0 Å². The minimum Gasteiger partial charge on any atom is -0.312 e. The van der Waals surface area contributed by atoms with Crippen molar-refractivity contribution in [3.63, 3.8) is 0 Å². The van der Waals surface area contributed by atoms with Crippen LogP contribution in [0.1, 0.15) is 78.6 Å². The molecular weight excluding hydrogens is 256 g/mol. The van der Waals surface area contributed by atoms with Gasteiger partial charge in [-0.05, 0) is 64.0 Å². The number of hydrogen-bond donors (Lipinski definition) is 1. The van der Waals surface area contributed by atoms with E-state index in [1.807, 2.05) is 0 Å². The van der Waals surface area contributed by atoms with Gasteiger partial charge in [0.1, 0.15) is 0 Å². The molecule has 0 aromatic rings. The van der Waals surface area contributed by atoms with Crippen molar-refractivity contribution in [3.8, 4) is 0 Å². The Labute approximate surface area is 133 Å². The zero-order valence-corrected chi connectivity index (χ0v) is 15.2. The van der Waals surface area contributed by atoms with Gasteiger partial charge in [-0.3, -0.25) is 0 Å². The predicted molar refractivity (Wildman–Crippen MR) is 92.7 cm³/mol. The standard InChI is InChI=1S/C19H38N2/c1-16-8-6-12-19(14-16,21(4)5)15-20-17-9-7-11-18(2,3)13-10-17/h16-17,20H,6-15H2,1-5H3. The van der Waals surface area contributed by atoms with Crippen molar-refractivity contribution in [2.75, 3.05) is 20.6 Å². The van der Waals surface area contributed by atoms with Crippen molar-refractivity contribution in [1.29, 1.82) is 0 Å². The minimum atomic E-state index is 0.402. The Morgan fingerprint density at radius 1 is 1.00 bits per heavy atom. The van der Waals surface area contributed by atoms with Crippen LogP contribution in [0.2, 0.25) is 0 Å². The second-order valence-corrected chi connectivity index (χ2v) is 8.99. The molecule has 2 saturated carbocycles. The van der Waals surface area contributed by atoms with Crippen molar-refractivity contribution in [2.24, 2.45) is 11.3 Å². The zero-order valence-electron chi connectivity index (χ0n) is 15.2. The van der Waals surface area contributed by atoms with Gasteiger partial charge in [0.2, 0.25) is 0 Å². The third kappa shape index (κ3) is 4.69. The van der Waals surface area contributed by atoms with E-state index in [2.05, 4.69) is 45.1 Å². The molecule has 2 aliphatic rings. The summed E-state index contributed by atoms with van der Waals surface area (Å²) in [5.41, 5.74) is 0.967. The van der Waals surface area contributed by atoms with Gasteiger partial charge in [0, 0.05) is 18.1 Å². The molecule has 0 aliphatic heterocycles. The number of hydrogen-bond acceptors (Lipinski definition) is 2. The molecule has 21 heavy (non-hydrogen) atoms. The summed E-state index contributed by atoms with van der Waals surface area (Å²) >= 11 is 0. The van der Waals surface area contributed by atoms with Crippen LogP contribution in [0, 0.1) is 11.3 Å². The molecule has 0 heterocycles. The largest absolute Gasteiger partial charge is 0.312 e. The van der Waals surface area contributed by atoms with Crippen LogP contribution in [0.25, 0.3) is 0 Å². The van der Waals surface area contributed by atoms with Crippen LogP contribution in [0.3, 0.4) is 0 Å². The SMILES string of the molecule is CC1CCCC(CNC2CCCC(C)(C)CC2)(N(C)C)C1. The summed E-state index contributed by atoms with van der Waals surface area (Å²) in [6.07, 6.45) is 12.5. The Bertz CT molecular complexity index is 324. The van der Waals surface area contributed by atoms with Crippen LogP contribution < -0.4 is 5.32 Å². The molecule has 124 valence electrons. The molecular formula is C19H38N2. The lowest BCUT2D eigenvalue weighted by Crippen LogP contribution is -2.55. The van der Waals surface area contributed by atoms with Gasteiger partial charge < -0.3 is 10.2 Å². The maximum atomic E-state index is 3.97. The summed E-state index contributed by atoms with van der Waals surface area (Å²) in [5, 5.41) is 3.97. The molecule has 0 radical (unpaired) electrons. The number of nitrogens with one attached hydrogen (secondary N) is 1. The van der Waals surface area contributed by atoms with Crippen LogP contribution in [-0.4, -0.2) is 37.1 Å². The van der Waals surface area contributed by atoms with Gasteiger partial charge in [0.25, 0.3) is 0 Å². The summed E-state index contributed by atoms with van der Waals surface area (Å²) in [6, 6.07) is 0.751. The van der Waals surface area contributed by atoms with Crippen LogP contribution in [0.4, 0.5) is 0 Å². The first kappa shape index (κ1) is 17.3. The molecule has 1 N–H and O–H groups in total. The van der Waals surface area contributed by atoms with Gasteiger partial charge in [-0.1, -0.05) is 40.0 Å². The van der Waals surface area contributed by atoms with E-state index in [9.17, 15) is 0 Å². The average Bonchev–Trinajstić information content (AvgIpc) is 2.57. The summed E-state index contributed by atoms with van der Waals surface area (Å²) in [5.74, 6) is 0.885. The molecule has 2 heteroatoms. The van der Waals surface area contributed by atoms with E-state index in [1.165, 1.54) is 64.3 Å². The summed E-state index contributed by atoms with van der Waals surface area (Å²) in [7, 11) is 4.58. The topological polar surface area (TPSA) is 15.3 Å². The average molecular weight is 295 g/mol. The molecule has 0 amide bonds. The van der Waals surface area contributed by atoms with Crippen molar-refractivity contribution in [2.45, 2.75) is 90.1 Å². The van der Waals surface area contributed by atoms with Crippen molar-refractivity contribution < 1.29 is 0 Å². The minimum absolute atomic E-state index is 0.402. The molecule has 0 saturated heterocycles. The molecule has 0 spiro atoms. The second kappa shape index (κ2) is 7.00. The van der Waals surface area contributed by atoms with E-state index in [0.29, 0.717) is 11.0 Å². The van der Waals surface area contributed by atoms with Gasteiger partial charge in [-0.25, -0.2) is 0 Å². The number of rotatable bonds is 4. The highest BCUT2D eigenvalue weighted by Crippen LogP contribution is 2.37. The van der Waals surface area contributed by atoms with Crippen LogP contribution in [0.5, 0.6) is 0 Å². The first-order chi connectivity index (χ1) is 9.83. The Hall–Kier alpha value is -0.0800. The Morgan fingerprint density at radius 2 is 1.71 bits per heavy atom. The van der Waals surface area contributed by atoms with Gasteiger partial charge >= 0.3 is 0 Å². The monoisotopic (exact) mass is 294 g/mol. The van der Waals surface area contributed by atoms with Crippen molar-refractivity contribution in [3.05, 3.63) is 0 Å². The zero-order chi connectivity index (χ0) is 15.5. The summed E-state index contributed by atoms with van der Waals surface area (Å²) in [4.78, 5) is 2.51. The molecule has 3 atom stereocenters. The molecule has 3 unspecified atom stereocenters. The number of likely N-dealkylation sites (N-methyl/N-ethyl adjacent to an activating group) is 1. The Balaban J connectivity index is 1.90. The lowest BCUT2D eigenvalue weighted by molar-refractivity contribution is 0.0715. The maximum absolute atomic E-state index is 3.97. The Kier molecular flexibility index (Phi) is 5.76. The van der Waals surface area contributed by atoms with Gasteiger partial charge in [0.15, 0.2) is 0 Å². The molecule has 2 aliphatic carbocycles. The first-order valence-electron chi connectivity index (χ1n) is 9.24. The third-order valence-electron chi connectivity index (χ3n) is 6.31. The predicted octanol–water partition coefficient (Wildman–Crippen LogP) is 4.45. The highest BCUT2D eigenvalue weighted by molar-refractivity contribution is 4.95. The molecule has 0 aromatic carbocycles. The van der Waals surface area contributed by atoms with Crippen molar-refractivity contribution >= 4 is 0 Å². The summed E-state index contributed by atoms with van der Waals surface area (Å²) < 4.78 is 0. The fourth-order valence-corrected chi connectivity index (χ4v) is 4.56. The van der Waals surface area contributed by atoms with Gasteiger partial charge in [-0.2, -0.15) is 0 Å². The fraction of sp³-hybridized carbons (Fsp3) is 1.00. The first-order valence-corrected chi connectivity index (χ1v) is 9.24. The smallest absolute Gasteiger partial charge is 0.0330 e. The quantitative estimate of drug-likeness (QED) is 0.771.